The molecule has 0 heterocycles. The fourth-order valence-corrected chi connectivity index (χ4v) is 1.63. The van der Waals surface area contributed by atoms with E-state index in [0.717, 1.165) is 12.1 Å². The van der Waals surface area contributed by atoms with E-state index < -0.39 is 11.7 Å². The van der Waals surface area contributed by atoms with Gasteiger partial charge in [0.05, 0.1) is 12.2 Å². The van der Waals surface area contributed by atoms with Crippen LogP contribution in [0.2, 0.25) is 0 Å². The van der Waals surface area contributed by atoms with Crippen LogP contribution >= 0.6 is 0 Å². The van der Waals surface area contributed by atoms with Gasteiger partial charge >= 0.3 is 6.18 Å². The molecule has 0 aliphatic carbocycles. The van der Waals surface area contributed by atoms with E-state index in [2.05, 4.69) is 5.32 Å². The molecule has 1 atom stereocenters. The minimum Gasteiger partial charge on any atom is -0.395 e. The number of benzene rings is 1. The Morgan fingerprint density at radius 1 is 1.32 bits per heavy atom. The number of hydrogen-bond acceptors (Lipinski definition) is 2. The van der Waals surface area contributed by atoms with Crippen molar-refractivity contribution in [2.75, 3.05) is 13.2 Å². The Labute approximate surface area is 109 Å². The molecule has 0 bridgehead atoms. The second kappa shape index (κ2) is 6.56. The molecule has 3 nitrogen and oxygen atoms in total. The molecule has 0 aliphatic rings. The van der Waals surface area contributed by atoms with Crippen molar-refractivity contribution >= 4 is 5.91 Å². The molecule has 0 saturated carbocycles. The predicted octanol–water partition coefficient (Wildman–Crippen LogP) is 1.99. The van der Waals surface area contributed by atoms with Crippen LogP contribution in [0, 0.1) is 5.92 Å². The van der Waals surface area contributed by atoms with Gasteiger partial charge in [0.15, 0.2) is 0 Å². The van der Waals surface area contributed by atoms with Crippen molar-refractivity contribution in [1.82, 2.24) is 5.32 Å². The predicted molar refractivity (Wildman–Crippen MR) is 64.4 cm³/mol. The third-order valence-electron chi connectivity index (χ3n) is 2.68. The lowest BCUT2D eigenvalue weighted by molar-refractivity contribution is -0.137. The highest BCUT2D eigenvalue weighted by Crippen LogP contribution is 2.29. The minimum atomic E-state index is -4.34. The van der Waals surface area contributed by atoms with Crippen molar-refractivity contribution in [3.8, 4) is 0 Å². The number of aliphatic hydroxyl groups is 1. The summed E-state index contributed by atoms with van der Waals surface area (Å²) in [6.07, 6.45) is -3.99. The summed E-state index contributed by atoms with van der Waals surface area (Å²) in [6.45, 7) is 1.72. The maximum absolute atomic E-state index is 12.4. The highest BCUT2D eigenvalue weighted by atomic mass is 19.4. The van der Waals surface area contributed by atoms with Crippen LogP contribution in [0.1, 0.15) is 18.1 Å². The smallest absolute Gasteiger partial charge is 0.395 e. The summed E-state index contributed by atoms with van der Waals surface area (Å²) >= 11 is 0. The maximum atomic E-state index is 12.4. The number of amides is 1. The van der Waals surface area contributed by atoms with E-state index >= 15 is 0 Å². The van der Waals surface area contributed by atoms with Crippen LogP contribution in [0.25, 0.3) is 0 Å². The number of carbonyl (C=O) groups excluding carboxylic acids is 1. The van der Waals surface area contributed by atoms with Crippen LogP contribution in [-0.2, 0) is 17.4 Å². The number of carbonyl (C=O) groups is 1. The molecule has 1 rings (SSSR count). The average Bonchev–Trinajstić information content (AvgIpc) is 2.35. The first-order valence-electron chi connectivity index (χ1n) is 5.89. The number of nitrogens with one attached hydrogen (secondary N) is 1. The molecule has 19 heavy (non-hydrogen) atoms. The molecule has 6 heteroatoms. The summed E-state index contributed by atoms with van der Waals surface area (Å²) < 4.78 is 37.1. The van der Waals surface area contributed by atoms with Crippen molar-refractivity contribution in [2.24, 2.45) is 5.92 Å². The molecule has 0 spiro atoms. The van der Waals surface area contributed by atoms with Gasteiger partial charge in [-0.15, -0.1) is 0 Å². The van der Waals surface area contributed by atoms with Crippen molar-refractivity contribution in [3.63, 3.8) is 0 Å². The zero-order valence-electron chi connectivity index (χ0n) is 10.5. The van der Waals surface area contributed by atoms with Crippen LogP contribution in [0.4, 0.5) is 13.2 Å². The van der Waals surface area contributed by atoms with Gasteiger partial charge in [-0.05, 0) is 24.1 Å². The van der Waals surface area contributed by atoms with Crippen LogP contribution in [0.5, 0.6) is 0 Å². The van der Waals surface area contributed by atoms with Gasteiger partial charge in [0.2, 0.25) is 5.91 Å². The summed E-state index contributed by atoms with van der Waals surface area (Å²) in [4.78, 5) is 11.5. The van der Waals surface area contributed by atoms with Gasteiger partial charge in [0, 0.05) is 12.5 Å². The molecular weight excluding hydrogens is 259 g/mol. The van der Waals surface area contributed by atoms with Crippen molar-refractivity contribution in [3.05, 3.63) is 35.4 Å². The minimum absolute atomic E-state index is 0.140. The fourth-order valence-electron chi connectivity index (χ4n) is 1.63. The van der Waals surface area contributed by atoms with E-state index in [1.807, 2.05) is 0 Å². The normalized spacial score (nSPS) is 13.1. The highest BCUT2D eigenvalue weighted by molar-refractivity contribution is 5.78. The van der Waals surface area contributed by atoms with E-state index in [9.17, 15) is 18.0 Å². The molecular formula is C13H16F3NO2. The lowest BCUT2D eigenvalue weighted by Crippen LogP contribution is -2.32. The molecule has 0 aliphatic heterocycles. The topological polar surface area (TPSA) is 49.3 Å². The second-order valence-electron chi connectivity index (χ2n) is 4.31. The summed E-state index contributed by atoms with van der Waals surface area (Å²) in [5.74, 6) is -0.586. The Morgan fingerprint density at radius 3 is 2.37 bits per heavy atom. The number of alkyl halides is 3. The van der Waals surface area contributed by atoms with Crippen LogP contribution < -0.4 is 5.32 Å². The lowest BCUT2D eigenvalue weighted by Gasteiger charge is -2.12. The number of aliphatic hydroxyl groups excluding tert-OH is 1. The molecule has 0 saturated heterocycles. The maximum Gasteiger partial charge on any atom is 0.416 e. The average molecular weight is 275 g/mol. The lowest BCUT2D eigenvalue weighted by atomic mass is 9.99. The molecule has 1 unspecified atom stereocenters. The van der Waals surface area contributed by atoms with Gasteiger partial charge in [-0.1, -0.05) is 19.1 Å². The summed E-state index contributed by atoms with van der Waals surface area (Å²) in [5, 5.41) is 11.1. The van der Waals surface area contributed by atoms with E-state index in [1.54, 1.807) is 6.92 Å². The monoisotopic (exact) mass is 275 g/mol. The zero-order chi connectivity index (χ0) is 14.5. The van der Waals surface area contributed by atoms with Crippen LogP contribution in [0.3, 0.4) is 0 Å². The standard InChI is InChI=1S/C13H16F3NO2/c1-9(12(19)17-6-7-18)8-10-2-4-11(5-3-10)13(14,15)16/h2-5,9,18H,6-8H2,1H3,(H,17,19). The molecule has 1 amide bonds. The first kappa shape index (κ1) is 15.5. The Morgan fingerprint density at radius 2 is 1.89 bits per heavy atom. The Bertz CT molecular complexity index is 415. The largest absolute Gasteiger partial charge is 0.416 e. The fraction of sp³-hybridized carbons (Fsp3) is 0.462. The number of halogens is 3. The van der Waals surface area contributed by atoms with E-state index in [1.165, 1.54) is 12.1 Å². The Balaban J connectivity index is 2.60. The third kappa shape index (κ3) is 4.90. The molecule has 2 N–H and O–H groups in total. The Kier molecular flexibility index (Phi) is 5.35. The molecule has 0 radical (unpaired) electrons. The molecule has 0 fully saturated rings. The number of rotatable bonds is 5. The van der Waals surface area contributed by atoms with Gasteiger partial charge in [0.25, 0.3) is 0 Å². The first-order chi connectivity index (χ1) is 8.84. The summed E-state index contributed by atoms with van der Waals surface area (Å²) in [7, 11) is 0. The summed E-state index contributed by atoms with van der Waals surface area (Å²) in [6, 6.07) is 4.76. The van der Waals surface area contributed by atoms with Crippen LogP contribution in [0.15, 0.2) is 24.3 Å². The summed E-state index contributed by atoms with van der Waals surface area (Å²) in [5.41, 5.74) is -0.0340. The third-order valence-corrected chi connectivity index (χ3v) is 2.68. The van der Waals surface area contributed by atoms with Gasteiger partial charge in [0.1, 0.15) is 0 Å². The van der Waals surface area contributed by atoms with E-state index in [-0.39, 0.29) is 25.0 Å². The second-order valence-corrected chi connectivity index (χ2v) is 4.31. The van der Waals surface area contributed by atoms with Gasteiger partial charge in [-0.3, -0.25) is 4.79 Å². The zero-order valence-corrected chi connectivity index (χ0v) is 10.5. The first-order valence-corrected chi connectivity index (χ1v) is 5.89. The molecule has 106 valence electrons. The van der Waals surface area contributed by atoms with E-state index in [0.29, 0.717) is 12.0 Å². The van der Waals surface area contributed by atoms with Gasteiger partial charge < -0.3 is 10.4 Å². The molecule has 0 aromatic heterocycles. The van der Waals surface area contributed by atoms with E-state index in [4.69, 9.17) is 5.11 Å². The highest BCUT2D eigenvalue weighted by Gasteiger charge is 2.30. The van der Waals surface area contributed by atoms with Crippen molar-refractivity contribution < 1.29 is 23.1 Å². The van der Waals surface area contributed by atoms with Crippen LogP contribution in [-0.4, -0.2) is 24.2 Å². The van der Waals surface area contributed by atoms with Crippen molar-refractivity contribution in [2.45, 2.75) is 19.5 Å². The SMILES string of the molecule is CC(Cc1ccc(C(F)(F)F)cc1)C(=O)NCCO. The number of hydrogen-bond donors (Lipinski definition) is 2. The molecule has 1 aromatic carbocycles. The van der Waals surface area contributed by atoms with Gasteiger partial charge in [-0.25, -0.2) is 0 Å². The Hall–Kier alpha value is -1.56. The van der Waals surface area contributed by atoms with Crippen molar-refractivity contribution in [1.29, 1.82) is 0 Å². The quantitative estimate of drug-likeness (QED) is 0.863. The molecule has 1 aromatic rings. The van der Waals surface area contributed by atoms with Gasteiger partial charge in [-0.2, -0.15) is 13.2 Å².